The van der Waals surface area contributed by atoms with Gasteiger partial charge < -0.3 is 36.5 Å². The number of anilines is 1. The highest BCUT2D eigenvalue weighted by Gasteiger charge is 2.54. The standard InChI is InChI=1S/C18H18N8O7S3.C11H12Cl2N2O5/c1-25-18(22-12(28)13(29)23-25)36-4-6-3-34-15-9(14(30)26(15)10(6)16(31)32)21-11(27)8(24-33-2)7-5-35-17(19)20-7;12-10(13)11(18)14-8(5-16)9(17)6-1-3-7(4-2-6)15(19)20/h5,9,15H,3-4H2,1-2H3,(H2,19,20)(H,21,27)(H,23,29)(H,31,32);1-4,8-10,16-17H,5H2,(H,14,18)/b24-8-;/t9-,15-;8-,9-/m11/s1. The van der Waals surface area contributed by atoms with Gasteiger partial charge in [0.25, 0.3) is 23.4 Å². The second kappa shape index (κ2) is 19.2. The molecule has 0 spiro atoms. The van der Waals surface area contributed by atoms with E-state index in [4.69, 9.17) is 38.9 Å². The van der Waals surface area contributed by atoms with Gasteiger partial charge in [0.1, 0.15) is 36.0 Å². The van der Waals surface area contributed by atoms with Crippen molar-refractivity contribution < 1.29 is 44.3 Å². The van der Waals surface area contributed by atoms with Crippen LogP contribution in [-0.2, 0) is 31.1 Å². The molecule has 2 aromatic heterocycles. The van der Waals surface area contributed by atoms with Crippen molar-refractivity contribution in [2.45, 2.75) is 33.6 Å². The van der Waals surface area contributed by atoms with Crippen molar-refractivity contribution >= 4 is 98.3 Å². The summed E-state index contributed by atoms with van der Waals surface area (Å²) in [4.78, 5) is 94.2. The predicted octanol–water partition coefficient (Wildman–Crippen LogP) is -0.702. The van der Waals surface area contributed by atoms with E-state index in [-0.39, 0.29) is 44.6 Å². The van der Waals surface area contributed by atoms with Gasteiger partial charge in [0.05, 0.1) is 17.6 Å². The van der Waals surface area contributed by atoms with Crippen molar-refractivity contribution in [3.63, 3.8) is 0 Å². The summed E-state index contributed by atoms with van der Waals surface area (Å²) in [5.41, 5.74) is 4.17. The molecule has 300 valence electrons. The molecule has 1 aromatic carbocycles. The number of carboxylic acid groups (broad SMARTS) is 1. The predicted molar refractivity (Wildman–Crippen MR) is 203 cm³/mol. The molecule has 3 amide bonds. The normalized spacial score (nSPS) is 17.5. The number of thioether (sulfide) groups is 2. The molecule has 0 radical (unpaired) electrons. The molecule has 56 heavy (non-hydrogen) atoms. The van der Waals surface area contributed by atoms with Crippen LogP contribution in [-0.4, -0.2) is 122 Å². The summed E-state index contributed by atoms with van der Waals surface area (Å²) < 4.78 is 1.25. The van der Waals surface area contributed by atoms with Gasteiger partial charge in [-0.15, -0.1) is 23.1 Å². The Morgan fingerprint density at radius 1 is 1.23 bits per heavy atom. The maximum absolute atomic E-state index is 12.9. The minimum absolute atomic E-state index is 0.102. The summed E-state index contributed by atoms with van der Waals surface area (Å²) in [5.74, 6) is -3.05. The highest BCUT2D eigenvalue weighted by Crippen LogP contribution is 2.41. The number of thiazole rings is 1. The van der Waals surface area contributed by atoms with Gasteiger partial charge in [0.2, 0.25) is 0 Å². The maximum atomic E-state index is 12.9. The number of amides is 3. The first-order chi connectivity index (χ1) is 26.5. The molecule has 27 heteroatoms. The molecule has 1 fully saturated rings. The van der Waals surface area contributed by atoms with E-state index in [1.807, 2.05) is 0 Å². The number of aliphatic hydroxyl groups excluding tert-OH is 2. The zero-order valence-corrected chi connectivity index (χ0v) is 32.6. The molecule has 4 heterocycles. The van der Waals surface area contributed by atoms with Crippen LogP contribution < -0.4 is 27.5 Å². The molecule has 22 nitrogen and oxygen atoms in total. The Morgan fingerprint density at radius 2 is 1.91 bits per heavy atom. The van der Waals surface area contributed by atoms with Crippen LogP contribution in [0.2, 0.25) is 0 Å². The molecule has 0 bridgehead atoms. The summed E-state index contributed by atoms with van der Waals surface area (Å²) in [6, 6.07) is 3.06. The number of nitrogens with two attached hydrogens (primary N) is 1. The first-order valence-electron chi connectivity index (χ1n) is 15.4. The number of halogens is 2. The number of aromatic nitrogens is 4. The van der Waals surface area contributed by atoms with Crippen LogP contribution in [0.3, 0.4) is 0 Å². The van der Waals surface area contributed by atoms with Crippen molar-refractivity contribution in [1.29, 1.82) is 0 Å². The minimum Gasteiger partial charge on any atom is -0.477 e. The average Bonchev–Trinajstić information content (AvgIpc) is 3.60. The molecular weight excluding hydrogens is 847 g/mol. The third-order valence-corrected chi connectivity index (χ3v) is 11.1. The first-order valence-corrected chi connectivity index (χ1v) is 19.2. The Balaban J connectivity index is 0.000000296. The lowest BCUT2D eigenvalue weighted by Gasteiger charge is -2.49. The number of aliphatic hydroxyl groups is 2. The van der Waals surface area contributed by atoms with Gasteiger partial charge in [-0.2, -0.15) is 4.98 Å². The number of nitro benzene ring substituents is 1. The zero-order valence-electron chi connectivity index (χ0n) is 28.7. The Kier molecular flexibility index (Phi) is 15.0. The van der Waals surface area contributed by atoms with Crippen LogP contribution in [0.4, 0.5) is 10.8 Å². The SMILES string of the molecule is CO/N=C(\C(=O)N[C@@H]1C(=O)N2C(C(=O)O)=C(CSc3nc(=O)c(=O)[nH]n3C)CS[C@H]12)c1csc(N)n1.O=C(N[C@H](CO)[C@H](O)c1ccc([N+](=O)[O-])cc1)C(Cl)Cl. The Morgan fingerprint density at radius 3 is 2.46 bits per heavy atom. The molecule has 0 saturated carbocycles. The summed E-state index contributed by atoms with van der Waals surface area (Å²) in [6.45, 7) is -0.551. The van der Waals surface area contributed by atoms with E-state index < -0.39 is 74.7 Å². The van der Waals surface area contributed by atoms with E-state index in [0.717, 1.165) is 28.0 Å². The van der Waals surface area contributed by atoms with Gasteiger partial charge in [0.15, 0.2) is 20.8 Å². The second-order valence-corrected chi connectivity index (χ2v) is 15.2. The number of β-lactam (4-membered cyclic amide) rings is 1. The largest absolute Gasteiger partial charge is 0.477 e. The second-order valence-electron chi connectivity index (χ2n) is 11.2. The number of nitrogens with zero attached hydrogens (tertiary/aromatic N) is 6. The van der Waals surface area contributed by atoms with Crippen LogP contribution in [0.15, 0.2) is 60.8 Å². The van der Waals surface area contributed by atoms with Gasteiger partial charge in [-0.1, -0.05) is 40.1 Å². The van der Waals surface area contributed by atoms with E-state index in [1.165, 1.54) is 60.2 Å². The van der Waals surface area contributed by atoms with Gasteiger partial charge in [-0.25, -0.2) is 9.78 Å². The van der Waals surface area contributed by atoms with E-state index in [0.29, 0.717) is 11.1 Å². The van der Waals surface area contributed by atoms with Crippen LogP contribution >= 0.6 is 58.1 Å². The molecule has 3 aromatic rings. The number of hydrogen-bond donors (Lipinski definition) is 7. The van der Waals surface area contributed by atoms with E-state index in [9.17, 15) is 49.1 Å². The summed E-state index contributed by atoms with van der Waals surface area (Å²) in [5, 5.41) is 51.6. The average molecular weight is 878 g/mol. The fraction of sp³-hybridized carbons (Fsp3) is 0.345. The van der Waals surface area contributed by atoms with E-state index in [2.05, 4.69) is 30.9 Å². The van der Waals surface area contributed by atoms with Gasteiger partial charge >= 0.3 is 17.1 Å². The number of aromatic amines is 1. The van der Waals surface area contributed by atoms with Crippen molar-refractivity contribution in [1.82, 2.24) is 35.3 Å². The zero-order chi connectivity index (χ0) is 41.4. The third kappa shape index (κ3) is 10.2. The Hall–Kier alpha value is -5.05. The number of hydrogen-bond acceptors (Lipinski definition) is 18. The minimum atomic E-state index is -1.33. The van der Waals surface area contributed by atoms with Crippen molar-refractivity contribution in [3.8, 4) is 0 Å². The molecule has 2 aliphatic heterocycles. The molecule has 4 atom stereocenters. The number of aryl methyl sites for hydroxylation is 1. The smallest absolute Gasteiger partial charge is 0.352 e. The van der Waals surface area contributed by atoms with Crippen LogP contribution in [0.1, 0.15) is 17.4 Å². The number of non-ortho nitro benzene ring substituents is 1. The first kappa shape index (κ1) is 43.7. The monoisotopic (exact) mass is 876 g/mol. The number of benzene rings is 1. The highest BCUT2D eigenvalue weighted by molar-refractivity contribution is 8.01. The van der Waals surface area contributed by atoms with Gasteiger partial charge in [-0.05, 0) is 23.3 Å². The number of rotatable bonds is 14. The van der Waals surface area contributed by atoms with Crippen molar-refractivity contribution in [2.24, 2.45) is 12.2 Å². The van der Waals surface area contributed by atoms with Crippen molar-refractivity contribution in [2.75, 3.05) is 31.0 Å². The van der Waals surface area contributed by atoms with Gasteiger partial charge in [-0.3, -0.25) is 48.8 Å². The lowest BCUT2D eigenvalue weighted by Crippen LogP contribution is -2.71. The quantitative estimate of drug-likeness (QED) is 0.0200. The lowest BCUT2D eigenvalue weighted by molar-refractivity contribution is -0.384. The number of aliphatic carboxylic acids is 1. The molecule has 1 saturated heterocycles. The van der Waals surface area contributed by atoms with Crippen LogP contribution in [0.5, 0.6) is 0 Å². The molecule has 5 rings (SSSR count). The van der Waals surface area contributed by atoms with E-state index >= 15 is 0 Å². The topological polar surface area (TPSA) is 328 Å². The number of nitrogens with one attached hydrogen (secondary N) is 3. The summed E-state index contributed by atoms with van der Waals surface area (Å²) >= 11 is 14.1. The fourth-order valence-corrected chi connectivity index (χ4v) is 8.01. The Labute approximate surface area is 336 Å². The number of fused-ring (bicyclic) bond motifs is 1. The number of carbonyl (C=O) groups is 4. The van der Waals surface area contributed by atoms with Gasteiger partial charge in [0, 0.05) is 36.1 Å². The van der Waals surface area contributed by atoms with E-state index in [1.54, 1.807) is 0 Å². The van der Waals surface area contributed by atoms with Crippen LogP contribution in [0.25, 0.3) is 0 Å². The number of oxime groups is 1. The molecule has 2 aliphatic rings. The Bertz CT molecular complexity index is 2180. The molecule has 0 aliphatic carbocycles. The third-order valence-electron chi connectivity index (χ3n) is 7.57. The fourth-order valence-electron chi connectivity index (χ4n) is 4.93. The number of H-pyrrole nitrogens is 1. The molecule has 8 N–H and O–H groups in total. The maximum Gasteiger partial charge on any atom is 0.352 e. The molecule has 0 unspecified atom stereocenters. The lowest BCUT2D eigenvalue weighted by atomic mass is 10.0. The number of nitro groups is 1. The van der Waals surface area contributed by atoms with Crippen LogP contribution in [0, 0.1) is 10.1 Å². The summed E-state index contributed by atoms with van der Waals surface area (Å²) in [6.07, 6.45) is -1.25. The number of carbonyl (C=O) groups excluding carboxylic acids is 3. The van der Waals surface area contributed by atoms with Crippen molar-refractivity contribution in [3.05, 3.63) is 83.0 Å². The highest BCUT2D eigenvalue weighted by atomic mass is 35.5. The summed E-state index contributed by atoms with van der Waals surface area (Å²) in [7, 11) is 2.74. The number of nitrogen functional groups attached to an aromatic ring is 1. The number of alkyl halides is 2. The number of carboxylic acids is 1. The molecular formula is C29H30Cl2N10O12S3.